The largest absolute Gasteiger partial charge is 0.467 e. The summed E-state index contributed by atoms with van der Waals surface area (Å²) in [5.74, 6) is 0.948. The lowest BCUT2D eigenvalue weighted by molar-refractivity contribution is -0.113. The molecule has 0 aliphatic rings. The topological polar surface area (TPSA) is 80.0 Å². The second-order valence-electron chi connectivity index (χ2n) is 5.11. The van der Waals surface area contributed by atoms with Crippen LogP contribution in [0.25, 0.3) is 0 Å². The number of thioether (sulfide) groups is 1. The van der Waals surface area contributed by atoms with Crippen LogP contribution in [0.3, 0.4) is 0 Å². The number of aryl methyl sites for hydroxylation is 1. The zero-order valence-corrected chi connectivity index (χ0v) is 15.7. The Balaban J connectivity index is 1.46. The molecule has 2 aromatic heterocycles. The van der Waals surface area contributed by atoms with E-state index in [0.717, 1.165) is 15.7 Å². The van der Waals surface area contributed by atoms with Gasteiger partial charge in [-0.3, -0.25) is 4.79 Å². The van der Waals surface area contributed by atoms with Crippen molar-refractivity contribution in [1.29, 1.82) is 0 Å². The van der Waals surface area contributed by atoms with Gasteiger partial charge in [0.25, 0.3) is 0 Å². The van der Waals surface area contributed by atoms with Gasteiger partial charge in [0.05, 0.1) is 18.6 Å². The predicted molar refractivity (Wildman–Crippen MR) is 101 cm³/mol. The molecule has 0 radical (unpaired) electrons. The fourth-order valence-electron chi connectivity index (χ4n) is 1.91. The van der Waals surface area contributed by atoms with Crippen molar-refractivity contribution in [1.82, 2.24) is 10.2 Å². The Hall–Kier alpha value is -2.03. The van der Waals surface area contributed by atoms with E-state index < -0.39 is 0 Å². The van der Waals surface area contributed by atoms with Crippen LogP contribution in [-0.2, 0) is 11.3 Å². The first-order chi connectivity index (χ1) is 12.1. The Labute approximate surface area is 158 Å². The number of furan rings is 1. The molecule has 0 aliphatic heterocycles. The second kappa shape index (κ2) is 8.37. The average molecular weight is 395 g/mol. The fraction of sp³-hybridized carbons (Fsp3) is 0.188. The molecule has 1 aromatic carbocycles. The van der Waals surface area contributed by atoms with Crippen LogP contribution in [0, 0.1) is 6.92 Å². The maximum atomic E-state index is 12.0. The molecule has 9 heteroatoms. The van der Waals surface area contributed by atoms with Gasteiger partial charge in [-0.05, 0) is 36.8 Å². The van der Waals surface area contributed by atoms with Gasteiger partial charge in [-0.2, -0.15) is 0 Å². The summed E-state index contributed by atoms with van der Waals surface area (Å²) < 4.78 is 5.96. The van der Waals surface area contributed by atoms with Crippen molar-refractivity contribution in [3.05, 3.63) is 52.9 Å². The summed E-state index contributed by atoms with van der Waals surface area (Å²) in [6, 6.07) is 9.14. The third kappa shape index (κ3) is 5.22. The number of aromatic nitrogens is 2. The third-order valence-corrected chi connectivity index (χ3v) is 5.60. The molecule has 0 fully saturated rings. The lowest BCUT2D eigenvalue weighted by atomic mass is 10.2. The van der Waals surface area contributed by atoms with E-state index in [9.17, 15) is 4.79 Å². The van der Waals surface area contributed by atoms with Crippen LogP contribution < -0.4 is 10.6 Å². The molecule has 3 rings (SSSR count). The molecule has 0 saturated carbocycles. The van der Waals surface area contributed by atoms with E-state index in [-0.39, 0.29) is 11.7 Å². The zero-order chi connectivity index (χ0) is 17.6. The van der Waals surface area contributed by atoms with Crippen molar-refractivity contribution < 1.29 is 9.21 Å². The van der Waals surface area contributed by atoms with Gasteiger partial charge < -0.3 is 15.1 Å². The first-order valence-electron chi connectivity index (χ1n) is 7.39. The van der Waals surface area contributed by atoms with Crippen molar-refractivity contribution in [3.8, 4) is 0 Å². The number of hydrogen-bond donors (Lipinski definition) is 2. The smallest absolute Gasteiger partial charge is 0.234 e. The number of rotatable bonds is 7. The highest BCUT2D eigenvalue weighted by molar-refractivity contribution is 8.01. The highest BCUT2D eigenvalue weighted by Gasteiger charge is 2.09. The molecule has 1 amide bonds. The van der Waals surface area contributed by atoms with Gasteiger partial charge in [0.1, 0.15) is 5.76 Å². The minimum atomic E-state index is -0.120. The van der Waals surface area contributed by atoms with Gasteiger partial charge in [-0.15, -0.1) is 10.2 Å². The average Bonchev–Trinajstić information content (AvgIpc) is 3.26. The summed E-state index contributed by atoms with van der Waals surface area (Å²) in [5, 5.41) is 15.4. The van der Waals surface area contributed by atoms with E-state index in [2.05, 4.69) is 20.8 Å². The van der Waals surface area contributed by atoms with Gasteiger partial charge in [-0.1, -0.05) is 40.8 Å². The molecule has 6 nitrogen and oxygen atoms in total. The summed E-state index contributed by atoms with van der Waals surface area (Å²) in [6.45, 7) is 2.46. The zero-order valence-electron chi connectivity index (χ0n) is 13.3. The van der Waals surface area contributed by atoms with E-state index in [0.29, 0.717) is 22.4 Å². The molecule has 2 N–H and O–H groups in total. The highest BCUT2D eigenvalue weighted by atomic mass is 35.5. The normalized spacial score (nSPS) is 10.6. The molecule has 130 valence electrons. The van der Waals surface area contributed by atoms with Gasteiger partial charge in [0, 0.05) is 10.7 Å². The number of carbonyl (C=O) groups is 1. The SMILES string of the molecule is Cc1ccc(NC(=O)CSc2nnc(NCc3ccco3)s2)cc1Cl. The summed E-state index contributed by atoms with van der Waals surface area (Å²) in [6.07, 6.45) is 1.62. The van der Waals surface area contributed by atoms with E-state index in [1.165, 1.54) is 23.1 Å². The number of halogens is 1. The predicted octanol–water partition coefficient (Wildman–Crippen LogP) is 4.44. The molecular formula is C16H15ClN4O2S2. The van der Waals surface area contributed by atoms with E-state index >= 15 is 0 Å². The van der Waals surface area contributed by atoms with E-state index in [1.807, 2.05) is 31.2 Å². The number of anilines is 2. The van der Waals surface area contributed by atoms with Crippen LogP contribution in [0.2, 0.25) is 5.02 Å². The summed E-state index contributed by atoms with van der Waals surface area (Å²) in [4.78, 5) is 12.0. The molecule has 2 heterocycles. The van der Waals surface area contributed by atoms with Crippen LogP contribution in [0.4, 0.5) is 10.8 Å². The Morgan fingerprint density at radius 3 is 3.00 bits per heavy atom. The molecule has 0 unspecified atom stereocenters. The van der Waals surface area contributed by atoms with Gasteiger partial charge in [0.2, 0.25) is 11.0 Å². The van der Waals surface area contributed by atoms with E-state index in [1.54, 1.807) is 12.3 Å². The molecule has 3 aromatic rings. The number of amides is 1. The Morgan fingerprint density at radius 2 is 2.24 bits per heavy atom. The summed E-state index contributed by atoms with van der Waals surface area (Å²) >= 11 is 8.78. The van der Waals surface area contributed by atoms with Crippen LogP contribution in [0.15, 0.2) is 45.4 Å². The van der Waals surface area contributed by atoms with Gasteiger partial charge >= 0.3 is 0 Å². The number of benzene rings is 1. The third-order valence-electron chi connectivity index (χ3n) is 3.18. The first kappa shape index (κ1) is 17.8. The molecule has 0 bridgehead atoms. The van der Waals surface area contributed by atoms with Crippen LogP contribution >= 0.6 is 34.7 Å². The lowest BCUT2D eigenvalue weighted by Crippen LogP contribution is -2.13. The highest BCUT2D eigenvalue weighted by Crippen LogP contribution is 2.26. The molecule has 25 heavy (non-hydrogen) atoms. The number of carbonyl (C=O) groups excluding carboxylic acids is 1. The van der Waals surface area contributed by atoms with E-state index in [4.69, 9.17) is 16.0 Å². The second-order valence-corrected chi connectivity index (χ2v) is 7.71. The van der Waals surface area contributed by atoms with Gasteiger partial charge in [-0.25, -0.2) is 0 Å². The minimum absolute atomic E-state index is 0.120. The molecule has 0 aliphatic carbocycles. The van der Waals surface area contributed by atoms with Crippen molar-refractivity contribution in [2.24, 2.45) is 0 Å². The standard InChI is InChI=1S/C16H15ClN4O2S2/c1-10-4-5-11(7-13(10)17)19-14(22)9-24-16-21-20-15(25-16)18-8-12-3-2-6-23-12/h2-7H,8-9H2,1H3,(H,18,20)(H,19,22). The Morgan fingerprint density at radius 1 is 1.36 bits per heavy atom. The number of nitrogens with zero attached hydrogens (tertiary/aromatic N) is 2. The van der Waals surface area contributed by atoms with Crippen molar-refractivity contribution in [2.45, 2.75) is 17.8 Å². The maximum Gasteiger partial charge on any atom is 0.234 e. The molecule has 0 saturated heterocycles. The Bertz CT molecular complexity index is 852. The molecule has 0 atom stereocenters. The van der Waals surface area contributed by atoms with Crippen molar-refractivity contribution in [3.63, 3.8) is 0 Å². The molecular weight excluding hydrogens is 380 g/mol. The van der Waals surface area contributed by atoms with Crippen LogP contribution in [-0.4, -0.2) is 21.9 Å². The number of hydrogen-bond acceptors (Lipinski definition) is 7. The van der Waals surface area contributed by atoms with Gasteiger partial charge in [0.15, 0.2) is 4.34 Å². The maximum absolute atomic E-state index is 12.0. The van der Waals surface area contributed by atoms with Crippen LogP contribution in [0.1, 0.15) is 11.3 Å². The number of nitrogens with one attached hydrogen (secondary N) is 2. The van der Waals surface area contributed by atoms with Crippen molar-refractivity contribution >= 4 is 51.4 Å². The summed E-state index contributed by atoms with van der Waals surface area (Å²) in [7, 11) is 0. The fourth-order valence-corrected chi connectivity index (χ4v) is 3.64. The lowest BCUT2D eigenvalue weighted by Gasteiger charge is -2.05. The monoisotopic (exact) mass is 394 g/mol. The quantitative estimate of drug-likeness (QED) is 0.577. The Kier molecular flexibility index (Phi) is 5.95. The minimum Gasteiger partial charge on any atom is -0.467 e. The molecule has 0 spiro atoms. The van der Waals surface area contributed by atoms with Crippen molar-refractivity contribution in [2.75, 3.05) is 16.4 Å². The first-order valence-corrected chi connectivity index (χ1v) is 9.57. The summed E-state index contributed by atoms with van der Waals surface area (Å²) in [5.41, 5.74) is 1.65. The van der Waals surface area contributed by atoms with Crippen LogP contribution in [0.5, 0.6) is 0 Å².